The number of nitrogens with zero attached hydrogens (tertiary/aromatic N) is 2. The molecule has 120 valence electrons. The van der Waals surface area contributed by atoms with E-state index in [0.717, 1.165) is 17.8 Å². The summed E-state index contributed by atoms with van der Waals surface area (Å²) in [5.41, 5.74) is 7.64. The highest BCUT2D eigenvalue weighted by Gasteiger charge is 2.07. The van der Waals surface area contributed by atoms with Crippen LogP contribution >= 0.6 is 12.4 Å². The third-order valence-corrected chi connectivity index (χ3v) is 3.38. The number of amides is 1. The Hall–Kier alpha value is -2.01. The minimum absolute atomic E-state index is 0. The molecule has 0 radical (unpaired) electrons. The topological polar surface area (TPSA) is 72.9 Å². The molecule has 0 bridgehead atoms. The zero-order valence-corrected chi connectivity index (χ0v) is 13.6. The van der Waals surface area contributed by atoms with Crippen LogP contribution in [0.15, 0.2) is 42.7 Å². The largest absolute Gasteiger partial charge is 0.399 e. The number of para-hydroxylation sites is 1. The lowest BCUT2D eigenvalue weighted by molar-refractivity contribution is -0.121. The first kappa shape index (κ1) is 18.0. The SMILES string of the molecule is CC(CNC(=O)CCc1ccccc1N)Cn1cccn1.Cl. The number of rotatable bonds is 7. The summed E-state index contributed by atoms with van der Waals surface area (Å²) in [6.45, 7) is 3.55. The van der Waals surface area contributed by atoms with E-state index in [1.807, 2.05) is 41.2 Å². The number of hydrogen-bond donors (Lipinski definition) is 2. The van der Waals surface area contributed by atoms with Gasteiger partial charge in [0.2, 0.25) is 5.91 Å². The highest BCUT2D eigenvalue weighted by Crippen LogP contribution is 2.12. The van der Waals surface area contributed by atoms with Gasteiger partial charge in [0.05, 0.1) is 0 Å². The molecular formula is C16H23ClN4O. The number of carbonyl (C=O) groups is 1. The Labute approximate surface area is 137 Å². The van der Waals surface area contributed by atoms with E-state index in [1.54, 1.807) is 6.20 Å². The fourth-order valence-electron chi connectivity index (χ4n) is 2.18. The van der Waals surface area contributed by atoms with Crippen LogP contribution in [0.3, 0.4) is 0 Å². The average molecular weight is 323 g/mol. The standard InChI is InChI=1S/C16H22N4O.ClH/c1-13(12-20-10-4-9-19-20)11-18-16(21)8-7-14-5-2-3-6-15(14)17;/h2-6,9-10,13H,7-8,11-12,17H2,1H3,(H,18,21);1H. The maximum atomic E-state index is 11.9. The van der Waals surface area contributed by atoms with Crippen molar-refractivity contribution in [2.75, 3.05) is 12.3 Å². The number of nitrogens with one attached hydrogen (secondary N) is 1. The number of anilines is 1. The van der Waals surface area contributed by atoms with Gasteiger partial charge in [-0.3, -0.25) is 9.48 Å². The van der Waals surface area contributed by atoms with Gasteiger partial charge >= 0.3 is 0 Å². The quantitative estimate of drug-likeness (QED) is 0.768. The number of halogens is 1. The van der Waals surface area contributed by atoms with Crippen molar-refractivity contribution in [1.29, 1.82) is 0 Å². The van der Waals surface area contributed by atoms with Crippen molar-refractivity contribution in [3.05, 3.63) is 48.3 Å². The fourth-order valence-corrected chi connectivity index (χ4v) is 2.18. The second kappa shape index (κ2) is 9.10. The van der Waals surface area contributed by atoms with Crippen LogP contribution in [0.4, 0.5) is 5.69 Å². The molecule has 1 aromatic heterocycles. The summed E-state index contributed by atoms with van der Waals surface area (Å²) in [5, 5.41) is 7.12. The van der Waals surface area contributed by atoms with E-state index in [1.165, 1.54) is 0 Å². The molecule has 1 heterocycles. The van der Waals surface area contributed by atoms with Gasteiger partial charge in [0.15, 0.2) is 0 Å². The molecule has 22 heavy (non-hydrogen) atoms. The molecule has 0 saturated heterocycles. The van der Waals surface area contributed by atoms with Gasteiger partial charge in [0.25, 0.3) is 0 Å². The molecule has 0 aliphatic carbocycles. The molecular weight excluding hydrogens is 300 g/mol. The summed E-state index contributed by atoms with van der Waals surface area (Å²) >= 11 is 0. The van der Waals surface area contributed by atoms with Crippen LogP contribution in [-0.2, 0) is 17.8 Å². The summed E-state index contributed by atoms with van der Waals surface area (Å²) < 4.78 is 1.88. The van der Waals surface area contributed by atoms with Crippen molar-refractivity contribution < 1.29 is 4.79 Å². The van der Waals surface area contributed by atoms with Gasteiger partial charge in [-0.2, -0.15) is 5.10 Å². The van der Waals surface area contributed by atoms with Crippen LogP contribution in [0, 0.1) is 5.92 Å². The van der Waals surface area contributed by atoms with E-state index in [0.29, 0.717) is 25.3 Å². The molecule has 2 rings (SSSR count). The molecule has 1 unspecified atom stereocenters. The molecule has 3 N–H and O–H groups in total. The van der Waals surface area contributed by atoms with Crippen molar-refractivity contribution in [2.45, 2.75) is 26.3 Å². The normalized spacial score (nSPS) is 11.5. The summed E-state index contributed by atoms with van der Waals surface area (Å²) in [7, 11) is 0. The maximum absolute atomic E-state index is 11.9. The van der Waals surface area contributed by atoms with E-state index in [-0.39, 0.29) is 18.3 Å². The Morgan fingerprint density at radius 2 is 2.14 bits per heavy atom. The fraction of sp³-hybridized carbons (Fsp3) is 0.375. The molecule has 6 heteroatoms. The summed E-state index contributed by atoms with van der Waals surface area (Å²) in [6, 6.07) is 9.56. The van der Waals surface area contributed by atoms with Crippen LogP contribution in [0.25, 0.3) is 0 Å². The van der Waals surface area contributed by atoms with Gasteiger partial charge < -0.3 is 11.1 Å². The van der Waals surface area contributed by atoms with Crippen LogP contribution in [-0.4, -0.2) is 22.2 Å². The van der Waals surface area contributed by atoms with Crippen molar-refractivity contribution >= 4 is 24.0 Å². The molecule has 5 nitrogen and oxygen atoms in total. The van der Waals surface area contributed by atoms with Crippen LogP contribution in [0.1, 0.15) is 18.9 Å². The van der Waals surface area contributed by atoms with Gasteiger partial charge in [-0.1, -0.05) is 25.1 Å². The van der Waals surface area contributed by atoms with E-state index < -0.39 is 0 Å². The third-order valence-electron chi connectivity index (χ3n) is 3.38. The number of hydrogen-bond acceptors (Lipinski definition) is 3. The van der Waals surface area contributed by atoms with Gasteiger partial charge in [-0.25, -0.2) is 0 Å². The minimum atomic E-state index is 0. The van der Waals surface area contributed by atoms with Crippen molar-refractivity contribution in [2.24, 2.45) is 5.92 Å². The predicted molar refractivity (Wildman–Crippen MR) is 90.8 cm³/mol. The molecule has 0 spiro atoms. The number of carbonyl (C=O) groups excluding carboxylic acids is 1. The minimum Gasteiger partial charge on any atom is -0.399 e. The van der Waals surface area contributed by atoms with Crippen molar-refractivity contribution in [1.82, 2.24) is 15.1 Å². The number of benzene rings is 1. The molecule has 2 aromatic rings. The molecule has 0 aliphatic rings. The van der Waals surface area contributed by atoms with Crippen LogP contribution < -0.4 is 11.1 Å². The second-order valence-corrected chi connectivity index (χ2v) is 5.34. The Morgan fingerprint density at radius 1 is 1.36 bits per heavy atom. The lowest BCUT2D eigenvalue weighted by atomic mass is 10.1. The molecule has 1 amide bonds. The lowest BCUT2D eigenvalue weighted by Gasteiger charge is -2.13. The summed E-state index contributed by atoms with van der Waals surface area (Å²) in [6.07, 6.45) is 4.82. The summed E-state index contributed by atoms with van der Waals surface area (Å²) in [4.78, 5) is 11.9. The first-order valence-corrected chi connectivity index (χ1v) is 7.22. The third kappa shape index (κ3) is 5.77. The predicted octanol–water partition coefficient (Wildman–Crippen LogP) is 2.27. The number of nitrogens with two attached hydrogens (primary N) is 1. The lowest BCUT2D eigenvalue weighted by Crippen LogP contribution is -2.30. The number of nitrogen functional groups attached to an aromatic ring is 1. The second-order valence-electron chi connectivity index (χ2n) is 5.34. The molecule has 0 aliphatic heterocycles. The van der Waals surface area contributed by atoms with Crippen LogP contribution in [0.5, 0.6) is 0 Å². The zero-order chi connectivity index (χ0) is 15.1. The monoisotopic (exact) mass is 322 g/mol. The zero-order valence-electron chi connectivity index (χ0n) is 12.7. The van der Waals surface area contributed by atoms with Gasteiger partial charge in [-0.05, 0) is 30.0 Å². The Kier molecular flexibility index (Phi) is 7.46. The van der Waals surface area contributed by atoms with E-state index in [9.17, 15) is 4.79 Å². The van der Waals surface area contributed by atoms with E-state index in [2.05, 4.69) is 17.3 Å². The molecule has 1 aromatic carbocycles. The molecule has 0 fully saturated rings. The Balaban J connectivity index is 0.00000242. The maximum Gasteiger partial charge on any atom is 0.220 e. The highest BCUT2D eigenvalue weighted by atomic mass is 35.5. The van der Waals surface area contributed by atoms with Gasteiger partial charge in [0.1, 0.15) is 0 Å². The molecule has 1 atom stereocenters. The number of aromatic nitrogens is 2. The summed E-state index contributed by atoms with van der Waals surface area (Å²) in [5.74, 6) is 0.404. The number of aryl methyl sites for hydroxylation is 1. The van der Waals surface area contributed by atoms with E-state index >= 15 is 0 Å². The molecule has 0 saturated carbocycles. The smallest absolute Gasteiger partial charge is 0.220 e. The van der Waals surface area contributed by atoms with Crippen molar-refractivity contribution in [3.8, 4) is 0 Å². The van der Waals surface area contributed by atoms with Gasteiger partial charge in [0, 0.05) is 37.6 Å². The van der Waals surface area contributed by atoms with Crippen LogP contribution in [0.2, 0.25) is 0 Å². The highest BCUT2D eigenvalue weighted by molar-refractivity contribution is 5.85. The Bertz CT molecular complexity index is 571. The first-order valence-electron chi connectivity index (χ1n) is 7.22. The van der Waals surface area contributed by atoms with Crippen molar-refractivity contribution in [3.63, 3.8) is 0 Å². The van der Waals surface area contributed by atoms with E-state index in [4.69, 9.17) is 5.73 Å². The van der Waals surface area contributed by atoms with Gasteiger partial charge in [-0.15, -0.1) is 12.4 Å². The average Bonchev–Trinajstić information content (AvgIpc) is 2.97. The Morgan fingerprint density at radius 3 is 2.82 bits per heavy atom. The first-order chi connectivity index (χ1) is 10.1.